The van der Waals surface area contributed by atoms with Crippen LogP contribution in [0.4, 0.5) is 11.4 Å². The molecule has 1 saturated heterocycles. The number of carbonyl (C=O) groups excluding carboxylic acids is 1. The van der Waals surface area contributed by atoms with Gasteiger partial charge in [-0.25, -0.2) is 9.69 Å². The Labute approximate surface area is 216 Å². The third-order valence-electron chi connectivity index (χ3n) is 6.20. The van der Waals surface area contributed by atoms with Crippen molar-refractivity contribution in [1.82, 2.24) is 14.9 Å². The van der Waals surface area contributed by atoms with Crippen LogP contribution in [-0.2, 0) is 11.3 Å². The number of H-pyrrole nitrogens is 1. The maximum Gasteiger partial charge on any atom is 0.262 e. The first-order valence-corrected chi connectivity index (χ1v) is 12.6. The van der Waals surface area contributed by atoms with Gasteiger partial charge in [0.05, 0.1) is 25.0 Å². The van der Waals surface area contributed by atoms with E-state index in [0.29, 0.717) is 22.9 Å². The molecule has 3 aromatic carbocycles. The molecule has 3 heterocycles. The van der Waals surface area contributed by atoms with Gasteiger partial charge in [0.25, 0.3) is 5.91 Å². The number of aromatic amines is 1. The first-order chi connectivity index (χ1) is 17.1. The number of carbonyl (C=O) groups is 1. The van der Waals surface area contributed by atoms with Gasteiger partial charge in [-0.05, 0) is 54.2 Å². The number of ether oxygens (including phenoxy) is 1. The van der Waals surface area contributed by atoms with Crippen molar-refractivity contribution < 1.29 is 9.53 Å². The first kappa shape index (κ1) is 22.2. The average Bonchev–Trinajstić information content (AvgIpc) is 3.25. The molecular formula is C25H20ClN5O2S2. The second-order valence-electron chi connectivity index (χ2n) is 8.19. The van der Waals surface area contributed by atoms with Crippen LogP contribution in [0.5, 0.6) is 5.75 Å². The molecule has 1 aromatic heterocycles. The fraction of sp³-hybridized carbons (Fsp3) is 0.160. The van der Waals surface area contributed by atoms with E-state index in [4.69, 9.17) is 28.6 Å². The van der Waals surface area contributed by atoms with E-state index in [1.807, 2.05) is 48.5 Å². The number of para-hydroxylation sites is 2. The van der Waals surface area contributed by atoms with Crippen molar-refractivity contribution in [1.29, 1.82) is 0 Å². The van der Waals surface area contributed by atoms with E-state index in [2.05, 4.69) is 39.4 Å². The van der Waals surface area contributed by atoms with E-state index in [1.165, 1.54) is 0 Å². The number of anilines is 2. The normalized spacial score (nSPS) is 18.6. The lowest BCUT2D eigenvalue weighted by molar-refractivity contribution is -0.126. The van der Waals surface area contributed by atoms with E-state index >= 15 is 0 Å². The number of rotatable bonds is 5. The van der Waals surface area contributed by atoms with E-state index in [-0.39, 0.29) is 5.91 Å². The van der Waals surface area contributed by atoms with Gasteiger partial charge in [0.1, 0.15) is 17.2 Å². The highest BCUT2D eigenvalue weighted by Crippen LogP contribution is 2.48. The molecule has 2 aliphatic heterocycles. The molecule has 1 N–H and O–H groups in total. The molecule has 0 bridgehead atoms. The van der Waals surface area contributed by atoms with Crippen molar-refractivity contribution in [2.24, 2.45) is 0 Å². The summed E-state index contributed by atoms with van der Waals surface area (Å²) in [5.74, 6) is 1.07. The molecule has 2 atom stereocenters. The Hall–Kier alpha value is -3.27. The summed E-state index contributed by atoms with van der Waals surface area (Å²) in [6.07, 6.45) is 0. The molecule has 2 aliphatic rings. The van der Waals surface area contributed by atoms with E-state index in [0.717, 1.165) is 26.7 Å². The molecule has 1 fully saturated rings. The van der Waals surface area contributed by atoms with Gasteiger partial charge in [0, 0.05) is 9.79 Å². The summed E-state index contributed by atoms with van der Waals surface area (Å²) in [7, 11) is 1.61. The summed E-state index contributed by atoms with van der Waals surface area (Å²) >= 11 is 13.8. The Bertz CT molecular complexity index is 1460. The highest BCUT2D eigenvalue weighted by atomic mass is 35.5. The zero-order valence-corrected chi connectivity index (χ0v) is 21.0. The molecule has 6 rings (SSSR count). The summed E-state index contributed by atoms with van der Waals surface area (Å²) in [4.78, 5) is 17.5. The SMILES string of the molecule is COc1cccc(C2C(Cl)C(=O)N2n2c(CN3c4ccccc4Sc4ccccc43)n[nH]c2=S)c1. The lowest BCUT2D eigenvalue weighted by Gasteiger charge is -2.44. The van der Waals surface area contributed by atoms with Crippen molar-refractivity contribution in [2.45, 2.75) is 27.8 Å². The highest BCUT2D eigenvalue weighted by Gasteiger charge is 2.50. The summed E-state index contributed by atoms with van der Waals surface area (Å²) in [5.41, 5.74) is 3.01. The number of halogens is 1. The molecule has 7 nitrogen and oxygen atoms in total. The number of β-lactam (4-membered cyclic amide) rings is 1. The lowest BCUT2D eigenvalue weighted by Crippen LogP contribution is -2.62. The largest absolute Gasteiger partial charge is 0.497 e. The molecule has 176 valence electrons. The first-order valence-electron chi connectivity index (χ1n) is 11.0. The Kier molecular flexibility index (Phi) is 5.55. The zero-order valence-electron chi connectivity index (χ0n) is 18.6. The fourth-order valence-electron chi connectivity index (χ4n) is 4.54. The van der Waals surface area contributed by atoms with Crippen LogP contribution in [0, 0.1) is 4.77 Å². The van der Waals surface area contributed by atoms with Gasteiger partial charge in [-0.1, -0.05) is 48.2 Å². The van der Waals surface area contributed by atoms with Gasteiger partial charge in [0.15, 0.2) is 5.82 Å². The van der Waals surface area contributed by atoms with Crippen LogP contribution in [0.15, 0.2) is 82.6 Å². The van der Waals surface area contributed by atoms with Gasteiger partial charge in [-0.2, -0.15) is 5.10 Å². The Balaban J connectivity index is 1.41. The molecule has 10 heteroatoms. The maximum absolute atomic E-state index is 13.0. The monoisotopic (exact) mass is 521 g/mol. The number of methoxy groups -OCH3 is 1. The number of aromatic nitrogens is 3. The number of nitrogens with zero attached hydrogens (tertiary/aromatic N) is 4. The predicted molar refractivity (Wildman–Crippen MR) is 139 cm³/mol. The summed E-state index contributed by atoms with van der Waals surface area (Å²) in [6, 6.07) is 23.7. The van der Waals surface area contributed by atoms with Crippen molar-refractivity contribution in [3.05, 3.63) is 89.0 Å². The number of nitrogens with one attached hydrogen (secondary N) is 1. The van der Waals surface area contributed by atoms with Crippen LogP contribution in [0.2, 0.25) is 0 Å². The van der Waals surface area contributed by atoms with Crippen LogP contribution >= 0.6 is 35.6 Å². The number of hydrogen-bond acceptors (Lipinski definition) is 6. The van der Waals surface area contributed by atoms with Crippen LogP contribution in [0.1, 0.15) is 17.4 Å². The standard InChI is InChI=1S/C25H20ClN5O2S2/c1-33-16-8-6-7-15(13-16)23-22(26)24(32)31(23)30-21(27-28-25(30)34)14-29-17-9-2-4-11-19(17)35-20-12-5-3-10-18(20)29/h2-13,22-23H,14H2,1H3,(H,28,34). The molecule has 0 aliphatic carbocycles. The minimum atomic E-state index is -0.709. The van der Waals surface area contributed by atoms with E-state index < -0.39 is 11.4 Å². The molecule has 2 unspecified atom stereocenters. The second kappa shape index (κ2) is 8.75. The smallest absolute Gasteiger partial charge is 0.262 e. The van der Waals surface area contributed by atoms with Crippen molar-refractivity contribution in [2.75, 3.05) is 17.0 Å². The Morgan fingerprint density at radius 2 is 1.74 bits per heavy atom. The van der Waals surface area contributed by atoms with Crippen LogP contribution in [0.3, 0.4) is 0 Å². The number of hydrogen-bond donors (Lipinski definition) is 1. The van der Waals surface area contributed by atoms with E-state index in [9.17, 15) is 4.79 Å². The summed E-state index contributed by atoms with van der Waals surface area (Å²) < 4.78 is 7.38. The van der Waals surface area contributed by atoms with E-state index in [1.54, 1.807) is 28.6 Å². The van der Waals surface area contributed by atoms with Crippen molar-refractivity contribution in [3.8, 4) is 5.75 Å². The minimum absolute atomic E-state index is 0.228. The molecule has 1 amide bonds. The van der Waals surface area contributed by atoms with Gasteiger partial charge >= 0.3 is 0 Å². The summed E-state index contributed by atoms with van der Waals surface area (Å²) in [6.45, 7) is 0.406. The van der Waals surface area contributed by atoms with Gasteiger partial charge < -0.3 is 9.64 Å². The number of amides is 1. The molecule has 0 radical (unpaired) electrons. The zero-order chi connectivity index (χ0) is 24.1. The Morgan fingerprint density at radius 3 is 2.43 bits per heavy atom. The van der Waals surface area contributed by atoms with Gasteiger partial charge in [-0.15, -0.1) is 11.6 Å². The maximum atomic E-state index is 13.0. The minimum Gasteiger partial charge on any atom is -0.497 e. The summed E-state index contributed by atoms with van der Waals surface area (Å²) in [5, 5.41) is 8.27. The van der Waals surface area contributed by atoms with Crippen LogP contribution < -0.4 is 14.6 Å². The van der Waals surface area contributed by atoms with Crippen LogP contribution in [-0.4, -0.2) is 33.3 Å². The molecule has 4 aromatic rings. The molecule has 35 heavy (non-hydrogen) atoms. The number of fused-ring (bicyclic) bond motifs is 2. The van der Waals surface area contributed by atoms with Gasteiger partial charge in [0.2, 0.25) is 4.77 Å². The average molecular weight is 522 g/mol. The third kappa shape index (κ3) is 3.62. The molecular weight excluding hydrogens is 502 g/mol. The molecule has 0 spiro atoms. The Morgan fingerprint density at radius 1 is 1.06 bits per heavy atom. The highest BCUT2D eigenvalue weighted by molar-refractivity contribution is 7.99. The third-order valence-corrected chi connectivity index (χ3v) is 8.02. The second-order valence-corrected chi connectivity index (χ2v) is 10.1. The fourth-order valence-corrected chi connectivity index (χ4v) is 6.23. The molecule has 0 saturated carbocycles. The predicted octanol–water partition coefficient (Wildman–Crippen LogP) is 5.58. The van der Waals surface area contributed by atoms with Gasteiger partial charge in [-0.3, -0.25) is 9.89 Å². The number of benzene rings is 3. The van der Waals surface area contributed by atoms with Crippen molar-refractivity contribution in [3.63, 3.8) is 0 Å². The number of alkyl halides is 1. The topological polar surface area (TPSA) is 66.4 Å². The van der Waals surface area contributed by atoms with Crippen LogP contribution in [0.25, 0.3) is 0 Å². The van der Waals surface area contributed by atoms with Crippen molar-refractivity contribution >= 4 is 52.9 Å². The quantitative estimate of drug-likeness (QED) is 0.210. The lowest BCUT2D eigenvalue weighted by atomic mass is 9.95.